The largest absolute Gasteiger partial charge is 0.310 e. The quantitative estimate of drug-likeness (QED) is 0.673. The van der Waals surface area contributed by atoms with Gasteiger partial charge in [-0.3, -0.25) is 4.79 Å². The van der Waals surface area contributed by atoms with Crippen molar-refractivity contribution in [1.29, 1.82) is 0 Å². The highest BCUT2D eigenvalue weighted by Gasteiger charge is 2.05. The minimum absolute atomic E-state index is 0.0621. The van der Waals surface area contributed by atoms with E-state index in [0.717, 1.165) is 9.37 Å². The number of fused-ring (bicyclic) bond motifs is 1. The second-order valence-corrected chi connectivity index (χ2v) is 6.67. The lowest BCUT2D eigenvalue weighted by molar-refractivity contribution is -0.113. The first kappa shape index (κ1) is 15.1. The number of thioether (sulfide) groups is 1. The minimum Gasteiger partial charge on any atom is -0.310 e. The van der Waals surface area contributed by atoms with Crippen LogP contribution < -0.4 is 5.32 Å². The third-order valence-electron chi connectivity index (χ3n) is 3.09. The predicted molar refractivity (Wildman–Crippen MR) is 95.2 cm³/mol. The maximum atomic E-state index is 12.0. The summed E-state index contributed by atoms with van der Waals surface area (Å²) in [6.07, 6.45) is 1.66. The monoisotopic (exact) mass is 372 g/mol. The van der Waals surface area contributed by atoms with Gasteiger partial charge in [-0.15, -0.1) is 11.8 Å². The van der Waals surface area contributed by atoms with Gasteiger partial charge in [0.2, 0.25) is 5.91 Å². The van der Waals surface area contributed by atoms with Crippen LogP contribution in [0.1, 0.15) is 0 Å². The van der Waals surface area contributed by atoms with Crippen LogP contribution in [0.3, 0.4) is 0 Å². The van der Waals surface area contributed by atoms with Crippen molar-refractivity contribution in [2.24, 2.45) is 0 Å². The summed E-state index contributed by atoms with van der Waals surface area (Å²) in [5.74, 6) is 0.857. The predicted octanol–water partition coefficient (Wildman–Crippen LogP) is 4.73. The van der Waals surface area contributed by atoms with Crippen LogP contribution >= 0.6 is 27.7 Å². The van der Waals surface area contributed by atoms with E-state index in [4.69, 9.17) is 0 Å². The molecule has 5 heteroatoms. The van der Waals surface area contributed by atoms with E-state index in [2.05, 4.69) is 50.5 Å². The van der Waals surface area contributed by atoms with E-state index >= 15 is 0 Å². The zero-order chi connectivity index (χ0) is 15.4. The fourth-order valence-electron chi connectivity index (χ4n) is 2.03. The third-order valence-corrected chi connectivity index (χ3v) is 4.55. The number of benzene rings is 2. The van der Waals surface area contributed by atoms with Crippen molar-refractivity contribution in [2.45, 2.75) is 4.90 Å². The summed E-state index contributed by atoms with van der Waals surface area (Å²) in [7, 11) is 0. The third kappa shape index (κ3) is 3.87. The van der Waals surface area contributed by atoms with Gasteiger partial charge in [0.25, 0.3) is 0 Å². The molecule has 0 saturated carbocycles. The fourth-order valence-corrected chi connectivity index (χ4v) is 3.01. The van der Waals surface area contributed by atoms with Gasteiger partial charge >= 0.3 is 0 Å². The number of carbonyl (C=O) groups is 1. The first-order chi connectivity index (χ1) is 10.7. The summed E-state index contributed by atoms with van der Waals surface area (Å²) in [4.78, 5) is 17.2. The van der Waals surface area contributed by atoms with Crippen molar-refractivity contribution in [3.63, 3.8) is 0 Å². The number of nitrogens with zero attached hydrogens (tertiary/aromatic N) is 1. The van der Waals surface area contributed by atoms with Crippen LogP contribution in [0.15, 0.2) is 70.2 Å². The van der Waals surface area contributed by atoms with Crippen molar-refractivity contribution in [2.75, 3.05) is 11.1 Å². The molecule has 1 aromatic heterocycles. The van der Waals surface area contributed by atoms with Crippen LogP contribution in [0.5, 0.6) is 0 Å². The van der Waals surface area contributed by atoms with Gasteiger partial charge in [0.05, 0.1) is 5.75 Å². The molecular weight excluding hydrogens is 360 g/mol. The number of amides is 1. The molecular formula is C17H13BrN2OS. The normalized spacial score (nSPS) is 10.6. The molecule has 2 aromatic carbocycles. The summed E-state index contributed by atoms with van der Waals surface area (Å²) < 4.78 is 0.885. The van der Waals surface area contributed by atoms with Gasteiger partial charge in [0, 0.05) is 15.6 Å². The smallest absolute Gasteiger partial charge is 0.235 e. The number of carbonyl (C=O) groups excluding carboxylic acids is 1. The Kier molecular flexibility index (Phi) is 4.75. The van der Waals surface area contributed by atoms with Gasteiger partial charge in [-0.05, 0) is 51.0 Å². The molecule has 0 atom stereocenters. The molecule has 1 heterocycles. The van der Waals surface area contributed by atoms with E-state index in [-0.39, 0.29) is 5.91 Å². The average molecular weight is 373 g/mol. The highest BCUT2D eigenvalue weighted by Crippen LogP contribution is 2.23. The molecule has 0 unspecified atom stereocenters. The van der Waals surface area contributed by atoms with Gasteiger partial charge in [-0.2, -0.15) is 0 Å². The number of rotatable bonds is 4. The summed E-state index contributed by atoms with van der Waals surface area (Å²) >= 11 is 4.83. The molecule has 0 radical (unpaired) electrons. The van der Waals surface area contributed by atoms with Crippen LogP contribution in [-0.4, -0.2) is 16.6 Å². The summed E-state index contributed by atoms with van der Waals surface area (Å²) in [5, 5.41) is 5.17. The van der Waals surface area contributed by atoms with Crippen molar-refractivity contribution in [1.82, 2.24) is 4.98 Å². The SMILES string of the molecule is O=C(CSc1ccc2ccccc2c1)Nc1ccc(Br)cn1. The first-order valence-electron chi connectivity index (χ1n) is 6.74. The second-order valence-electron chi connectivity index (χ2n) is 4.71. The van der Waals surface area contributed by atoms with Crippen LogP contribution in [0.25, 0.3) is 10.8 Å². The van der Waals surface area contributed by atoms with Gasteiger partial charge in [0.1, 0.15) is 5.82 Å². The molecule has 0 fully saturated rings. The van der Waals surface area contributed by atoms with E-state index in [1.165, 1.54) is 22.5 Å². The molecule has 22 heavy (non-hydrogen) atoms. The van der Waals surface area contributed by atoms with E-state index in [0.29, 0.717) is 11.6 Å². The minimum atomic E-state index is -0.0621. The maximum absolute atomic E-state index is 12.0. The Labute approximate surface area is 141 Å². The fraction of sp³-hybridized carbons (Fsp3) is 0.0588. The lowest BCUT2D eigenvalue weighted by Gasteiger charge is -2.05. The summed E-state index contributed by atoms with van der Waals surface area (Å²) in [6.45, 7) is 0. The molecule has 3 aromatic rings. The molecule has 0 spiro atoms. The number of halogens is 1. The number of hydrogen-bond donors (Lipinski definition) is 1. The highest BCUT2D eigenvalue weighted by atomic mass is 79.9. The summed E-state index contributed by atoms with van der Waals surface area (Å²) in [5.41, 5.74) is 0. The van der Waals surface area contributed by atoms with Crippen molar-refractivity contribution in [3.8, 4) is 0 Å². The van der Waals surface area contributed by atoms with E-state index < -0.39 is 0 Å². The molecule has 1 amide bonds. The Bertz CT molecular complexity index is 805. The molecule has 3 nitrogen and oxygen atoms in total. The molecule has 3 rings (SSSR count). The Balaban J connectivity index is 1.60. The van der Waals surface area contributed by atoms with E-state index in [1.54, 1.807) is 12.3 Å². The van der Waals surface area contributed by atoms with Crippen molar-refractivity contribution >= 4 is 50.2 Å². The van der Waals surface area contributed by atoms with Gasteiger partial charge in [-0.1, -0.05) is 30.3 Å². The molecule has 0 saturated heterocycles. The number of aromatic nitrogens is 1. The molecule has 1 N–H and O–H groups in total. The van der Waals surface area contributed by atoms with Crippen LogP contribution in [0.2, 0.25) is 0 Å². The van der Waals surface area contributed by atoms with Crippen LogP contribution in [0, 0.1) is 0 Å². The molecule has 0 bridgehead atoms. The Morgan fingerprint density at radius 3 is 2.68 bits per heavy atom. The van der Waals surface area contributed by atoms with Crippen molar-refractivity contribution < 1.29 is 4.79 Å². The van der Waals surface area contributed by atoms with Crippen molar-refractivity contribution in [3.05, 3.63) is 65.3 Å². The maximum Gasteiger partial charge on any atom is 0.235 e. The first-order valence-corrected chi connectivity index (χ1v) is 8.51. The second kappa shape index (κ2) is 6.94. The van der Waals surface area contributed by atoms with E-state index in [1.807, 2.05) is 24.3 Å². The van der Waals surface area contributed by atoms with Crippen LogP contribution in [-0.2, 0) is 4.79 Å². The number of hydrogen-bond acceptors (Lipinski definition) is 3. The van der Waals surface area contributed by atoms with Gasteiger partial charge in [-0.25, -0.2) is 4.98 Å². The highest BCUT2D eigenvalue weighted by molar-refractivity contribution is 9.10. The Morgan fingerprint density at radius 1 is 1.09 bits per heavy atom. The molecule has 0 aliphatic rings. The zero-order valence-corrected chi connectivity index (χ0v) is 14.0. The average Bonchev–Trinajstić information content (AvgIpc) is 2.55. The van der Waals surface area contributed by atoms with Crippen LogP contribution in [0.4, 0.5) is 5.82 Å². The lowest BCUT2D eigenvalue weighted by Crippen LogP contribution is -2.14. The Hall–Kier alpha value is -1.85. The standard InChI is InChI=1S/C17H13BrN2OS/c18-14-6-8-16(19-10-14)20-17(21)11-22-15-7-5-12-3-1-2-4-13(12)9-15/h1-10H,11H2,(H,19,20,21). The number of pyridine rings is 1. The molecule has 110 valence electrons. The summed E-state index contributed by atoms with van der Waals surface area (Å²) in [6, 6.07) is 18.0. The van der Waals surface area contributed by atoms with Gasteiger partial charge in [0.15, 0.2) is 0 Å². The molecule has 0 aliphatic carbocycles. The van der Waals surface area contributed by atoms with Gasteiger partial charge < -0.3 is 5.32 Å². The number of nitrogens with one attached hydrogen (secondary N) is 1. The van der Waals surface area contributed by atoms with E-state index in [9.17, 15) is 4.79 Å². The number of anilines is 1. The topological polar surface area (TPSA) is 42.0 Å². The molecule has 0 aliphatic heterocycles. The zero-order valence-electron chi connectivity index (χ0n) is 11.6. The Morgan fingerprint density at radius 2 is 1.91 bits per heavy atom. The lowest BCUT2D eigenvalue weighted by atomic mass is 10.1.